The molecule has 0 saturated carbocycles. The molecule has 6 heteroatoms. The standard InChI is InChI=1S/C14H23N3O3/c1-10-9-19-6-5-17(10)8-12(18)15-13-7-11(16-20-13)14(2,3)4/h7,10H,5-6,8-9H2,1-4H3,(H,15,18)/t10-/m1/s1. The molecule has 20 heavy (non-hydrogen) atoms. The zero-order valence-corrected chi connectivity index (χ0v) is 12.6. The molecular formula is C14H23N3O3. The molecule has 1 aromatic heterocycles. The van der Waals surface area contributed by atoms with E-state index in [0.29, 0.717) is 25.6 Å². The lowest BCUT2D eigenvalue weighted by Gasteiger charge is -2.32. The SMILES string of the molecule is C[C@@H]1COCCN1CC(=O)Nc1cc(C(C)(C)C)no1. The molecule has 0 bridgehead atoms. The van der Waals surface area contributed by atoms with E-state index in [-0.39, 0.29) is 17.4 Å². The van der Waals surface area contributed by atoms with E-state index in [1.54, 1.807) is 6.07 Å². The molecule has 0 spiro atoms. The van der Waals surface area contributed by atoms with Crippen LogP contribution in [0.25, 0.3) is 0 Å². The molecule has 112 valence electrons. The number of aromatic nitrogens is 1. The van der Waals surface area contributed by atoms with Gasteiger partial charge >= 0.3 is 0 Å². The molecule has 0 aromatic carbocycles. The smallest absolute Gasteiger partial charge is 0.240 e. The topological polar surface area (TPSA) is 67.6 Å². The van der Waals surface area contributed by atoms with Crippen LogP contribution < -0.4 is 5.32 Å². The Morgan fingerprint density at radius 1 is 1.55 bits per heavy atom. The summed E-state index contributed by atoms with van der Waals surface area (Å²) in [6.07, 6.45) is 0. The van der Waals surface area contributed by atoms with Gasteiger partial charge in [0.1, 0.15) is 0 Å². The third-order valence-corrected chi connectivity index (χ3v) is 3.39. The largest absolute Gasteiger partial charge is 0.379 e. The van der Waals surface area contributed by atoms with E-state index < -0.39 is 0 Å². The Kier molecular flexibility index (Phi) is 4.45. The number of hydrogen-bond donors (Lipinski definition) is 1. The number of hydrogen-bond acceptors (Lipinski definition) is 5. The summed E-state index contributed by atoms with van der Waals surface area (Å²) >= 11 is 0. The summed E-state index contributed by atoms with van der Waals surface area (Å²) in [6, 6.07) is 2.04. The van der Waals surface area contributed by atoms with Gasteiger partial charge in [0, 0.05) is 24.1 Å². The maximum absolute atomic E-state index is 12.0. The Morgan fingerprint density at radius 2 is 2.30 bits per heavy atom. The van der Waals surface area contributed by atoms with Crippen LogP contribution in [0.2, 0.25) is 0 Å². The van der Waals surface area contributed by atoms with Gasteiger partial charge in [0.2, 0.25) is 11.8 Å². The monoisotopic (exact) mass is 281 g/mol. The van der Waals surface area contributed by atoms with Crippen molar-refractivity contribution < 1.29 is 14.1 Å². The molecule has 6 nitrogen and oxygen atoms in total. The number of amides is 1. The molecule has 1 atom stereocenters. The second kappa shape index (κ2) is 5.93. The molecule has 1 aliphatic rings. The van der Waals surface area contributed by atoms with Gasteiger partial charge in [-0.1, -0.05) is 25.9 Å². The molecule has 2 rings (SSSR count). The summed E-state index contributed by atoms with van der Waals surface area (Å²) in [5, 5.41) is 6.73. The Labute approximate surface area is 119 Å². The number of nitrogens with zero attached hydrogens (tertiary/aromatic N) is 2. The lowest BCUT2D eigenvalue weighted by molar-refractivity contribution is -0.119. The van der Waals surface area contributed by atoms with Crippen LogP contribution in [0.1, 0.15) is 33.4 Å². The van der Waals surface area contributed by atoms with Crippen molar-refractivity contribution in [1.82, 2.24) is 10.1 Å². The van der Waals surface area contributed by atoms with Gasteiger partial charge in [0.05, 0.1) is 25.5 Å². The molecule has 1 saturated heterocycles. The normalized spacial score (nSPS) is 20.9. The van der Waals surface area contributed by atoms with Gasteiger partial charge in [-0.3, -0.25) is 15.0 Å². The molecule has 1 fully saturated rings. The van der Waals surface area contributed by atoms with E-state index in [2.05, 4.69) is 22.3 Å². The highest BCUT2D eigenvalue weighted by Crippen LogP contribution is 2.23. The third kappa shape index (κ3) is 3.80. The zero-order valence-electron chi connectivity index (χ0n) is 12.6. The molecule has 2 heterocycles. The number of rotatable bonds is 3. The van der Waals surface area contributed by atoms with Crippen LogP contribution in [0.5, 0.6) is 0 Å². The van der Waals surface area contributed by atoms with Crippen LogP contribution >= 0.6 is 0 Å². The summed E-state index contributed by atoms with van der Waals surface area (Å²) in [6.45, 7) is 10.7. The molecule has 1 aliphatic heterocycles. The van der Waals surface area contributed by atoms with Crippen molar-refractivity contribution in [2.75, 3.05) is 31.6 Å². The van der Waals surface area contributed by atoms with Crippen molar-refractivity contribution in [2.24, 2.45) is 0 Å². The second-order valence-electron chi connectivity index (χ2n) is 6.27. The summed E-state index contributed by atoms with van der Waals surface area (Å²) in [5.74, 6) is 0.316. The number of ether oxygens (including phenoxy) is 1. The van der Waals surface area contributed by atoms with Crippen LogP contribution in [-0.4, -0.2) is 48.3 Å². The van der Waals surface area contributed by atoms with Crippen molar-refractivity contribution in [1.29, 1.82) is 0 Å². The lowest BCUT2D eigenvalue weighted by atomic mass is 9.92. The minimum atomic E-state index is -0.0921. The van der Waals surface area contributed by atoms with Gasteiger partial charge in [-0.05, 0) is 6.92 Å². The quantitative estimate of drug-likeness (QED) is 0.912. The first-order valence-corrected chi connectivity index (χ1v) is 6.95. The van der Waals surface area contributed by atoms with Gasteiger partial charge in [-0.15, -0.1) is 0 Å². The minimum Gasteiger partial charge on any atom is -0.379 e. The van der Waals surface area contributed by atoms with E-state index in [9.17, 15) is 4.79 Å². The van der Waals surface area contributed by atoms with E-state index in [0.717, 1.165) is 12.2 Å². The Hall–Kier alpha value is -1.40. The van der Waals surface area contributed by atoms with Crippen LogP contribution in [0.15, 0.2) is 10.6 Å². The molecular weight excluding hydrogens is 258 g/mol. The minimum absolute atomic E-state index is 0.0876. The van der Waals surface area contributed by atoms with Crippen molar-refractivity contribution in [3.05, 3.63) is 11.8 Å². The fourth-order valence-corrected chi connectivity index (χ4v) is 2.05. The predicted octanol–water partition coefficient (Wildman–Crippen LogP) is 1.63. The van der Waals surface area contributed by atoms with Gasteiger partial charge in [0.25, 0.3) is 0 Å². The summed E-state index contributed by atoms with van der Waals surface area (Å²) in [7, 11) is 0. The average molecular weight is 281 g/mol. The van der Waals surface area contributed by atoms with E-state index in [1.165, 1.54) is 0 Å². The van der Waals surface area contributed by atoms with Crippen molar-refractivity contribution >= 4 is 11.8 Å². The van der Waals surface area contributed by atoms with E-state index >= 15 is 0 Å². The highest BCUT2D eigenvalue weighted by molar-refractivity contribution is 5.91. The lowest BCUT2D eigenvalue weighted by Crippen LogP contribution is -2.47. The number of nitrogens with one attached hydrogen (secondary N) is 1. The number of carbonyl (C=O) groups excluding carboxylic acids is 1. The summed E-state index contributed by atoms with van der Waals surface area (Å²) in [4.78, 5) is 14.1. The van der Waals surface area contributed by atoms with Crippen molar-refractivity contribution in [2.45, 2.75) is 39.2 Å². The molecule has 1 N–H and O–H groups in total. The Balaban J connectivity index is 1.89. The van der Waals surface area contributed by atoms with Crippen LogP contribution in [0.4, 0.5) is 5.88 Å². The maximum atomic E-state index is 12.0. The van der Waals surface area contributed by atoms with Gasteiger partial charge in [-0.25, -0.2) is 0 Å². The summed E-state index contributed by atoms with van der Waals surface area (Å²) < 4.78 is 10.5. The van der Waals surface area contributed by atoms with Crippen LogP contribution in [-0.2, 0) is 14.9 Å². The second-order valence-corrected chi connectivity index (χ2v) is 6.27. The maximum Gasteiger partial charge on any atom is 0.240 e. The molecule has 1 aromatic rings. The Morgan fingerprint density at radius 3 is 2.90 bits per heavy atom. The first-order chi connectivity index (χ1) is 9.36. The number of anilines is 1. The van der Waals surface area contributed by atoms with Gasteiger partial charge < -0.3 is 9.26 Å². The fourth-order valence-electron chi connectivity index (χ4n) is 2.05. The fraction of sp³-hybridized carbons (Fsp3) is 0.714. The van der Waals surface area contributed by atoms with Crippen LogP contribution in [0.3, 0.4) is 0 Å². The zero-order chi connectivity index (χ0) is 14.8. The average Bonchev–Trinajstić information content (AvgIpc) is 2.80. The van der Waals surface area contributed by atoms with E-state index in [4.69, 9.17) is 9.26 Å². The first-order valence-electron chi connectivity index (χ1n) is 6.95. The third-order valence-electron chi connectivity index (χ3n) is 3.39. The molecule has 0 aliphatic carbocycles. The predicted molar refractivity (Wildman–Crippen MR) is 75.7 cm³/mol. The van der Waals surface area contributed by atoms with E-state index in [1.807, 2.05) is 20.8 Å². The Bertz CT molecular complexity index is 464. The molecule has 0 unspecified atom stereocenters. The highest BCUT2D eigenvalue weighted by Gasteiger charge is 2.23. The van der Waals surface area contributed by atoms with Crippen molar-refractivity contribution in [3.8, 4) is 0 Å². The van der Waals surface area contributed by atoms with Gasteiger partial charge in [-0.2, -0.15) is 0 Å². The molecule has 0 radical (unpaired) electrons. The van der Waals surface area contributed by atoms with Crippen LogP contribution in [0, 0.1) is 0 Å². The summed E-state index contributed by atoms with van der Waals surface area (Å²) in [5.41, 5.74) is 0.734. The highest BCUT2D eigenvalue weighted by atomic mass is 16.5. The van der Waals surface area contributed by atoms with Gasteiger partial charge in [0.15, 0.2) is 0 Å². The molecule has 1 amide bonds. The number of carbonyl (C=O) groups is 1. The first kappa shape index (κ1) is 15.0. The van der Waals surface area contributed by atoms with Crippen molar-refractivity contribution in [3.63, 3.8) is 0 Å². The number of morpholine rings is 1.